The summed E-state index contributed by atoms with van der Waals surface area (Å²) in [5, 5.41) is 11.5. The van der Waals surface area contributed by atoms with Crippen LogP contribution in [0.4, 0.5) is 0 Å². The molecule has 5 heteroatoms. The summed E-state index contributed by atoms with van der Waals surface area (Å²) in [6.07, 6.45) is 0.983. The Balaban J connectivity index is 1.88. The van der Waals surface area contributed by atoms with Gasteiger partial charge in [0.05, 0.1) is 17.5 Å². The summed E-state index contributed by atoms with van der Waals surface area (Å²) in [5.41, 5.74) is 0. The average molecular weight is 281 g/mol. The molecule has 1 saturated heterocycles. The van der Waals surface area contributed by atoms with E-state index in [-0.39, 0.29) is 18.6 Å². The van der Waals surface area contributed by atoms with Gasteiger partial charge in [0.1, 0.15) is 0 Å². The number of carbonyl (C=O) groups excluding carboxylic acids is 1. The third-order valence-corrected chi connectivity index (χ3v) is 5.76. The lowest BCUT2D eigenvalue weighted by atomic mass is 10.0. The number of amides is 1. The first-order chi connectivity index (χ1) is 8.70. The Morgan fingerprint density at radius 3 is 3.11 bits per heavy atom. The molecule has 0 aliphatic carbocycles. The van der Waals surface area contributed by atoms with E-state index >= 15 is 0 Å². The number of aliphatic hydroxyl groups excluding tert-OH is 1. The summed E-state index contributed by atoms with van der Waals surface area (Å²) in [6.45, 7) is 2.92. The van der Waals surface area contributed by atoms with Gasteiger partial charge in [-0.2, -0.15) is 0 Å². The molecule has 0 saturated carbocycles. The fourth-order valence-corrected chi connectivity index (χ4v) is 4.62. The Kier molecular flexibility index (Phi) is 3.13. The summed E-state index contributed by atoms with van der Waals surface area (Å²) in [4.78, 5) is 15.1. The van der Waals surface area contributed by atoms with E-state index in [2.05, 4.69) is 13.0 Å². The lowest BCUT2D eigenvalue weighted by Crippen LogP contribution is -2.39. The molecule has 0 bridgehead atoms. The number of hydrogen-bond acceptors (Lipinski definition) is 4. The number of fused-ring (bicyclic) bond motifs is 1. The second-order valence-corrected chi connectivity index (χ2v) is 6.81. The zero-order valence-corrected chi connectivity index (χ0v) is 11.8. The number of rotatable bonds is 2. The summed E-state index contributed by atoms with van der Waals surface area (Å²) in [7, 11) is 0. The highest BCUT2D eigenvalue weighted by Gasteiger charge is 2.34. The first-order valence-corrected chi connectivity index (χ1v) is 7.79. The average Bonchev–Trinajstić information content (AvgIpc) is 3.00. The van der Waals surface area contributed by atoms with Gasteiger partial charge in [0.2, 0.25) is 0 Å². The van der Waals surface area contributed by atoms with Crippen LogP contribution in [0.5, 0.6) is 0 Å². The van der Waals surface area contributed by atoms with Crippen LogP contribution in [0.1, 0.15) is 23.0 Å². The molecule has 18 heavy (non-hydrogen) atoms. The number of likely N-dealkylation sites (tertiary alicyclic amines) is 1. The molecular formula is C13H15NO2S2. The predicted molar refractivity (Wildman–Crippen MR) is 75.4 cm³/mol. The van der Waals surface area contributed by atoms with Gasteiger partial charge in [0.25, 0.3) is 5.91 Å². The van der Waals surface area contributed by atoms with E-state index in [0.29, 0.717) is 5.92 Å². The quantitative estimate of drug-likeness (QED) is 0.919. The van der Waals surface area contributed by atoms with E-state index in [1.807, 2.05) is 16.3 Å². The Morgan fingerprint density at radius 1 is 1.56 bits per heavy atom. The van der Waals surface area contributed by atoms with Crippen molar-refractivity contribution in [1.29, 1.82) is 0 Å². The molecule has 96 valence electrons. The molecule has 1 aliphatic rings. The summed E-state index contributed by atoms with van der Waals surface area (Å²) in [6, 6.07) is 4.01. The van der Waals surface area contributed by atoms with Crippen LogP contribution in [0, 0.1) is 5.92 Å². The summed E-state index contributed by atoms with van der Waals surface area (Å²) in [5.74, 6) is 0.465. The minimum absolute atomic E-state index is 0.0161. The van der Waals surface area contributed by atoms with E-state index in [1.54, 1.807) is 22.7 Å². The molecule has 3 nitrogen and oxygen atoms in total. The van der Waals surface area contributed by atoms with Crippen molar-refractivity contribution in [2.45, 2.75) is 19.4 Å². The highest BCUT2D eigenvalue weighted by atomic mass is 32.1. The standard InChI is InChI=1S/C13H15NO2S2/c1-8-2-4-14(9(8)7-15)13(16)12-6-11-10(18-12)3-5-17-11/h3,5-6,8-9,15H,2,4,7H2,1H3. The van der Waals surface area contributed by atoms with Crippen molar-refractivity contribution in [1.82, 2.24) is 4.90 Å². The molecule has 0 spiro atoms. The van der Waals surface area contributed by atoms with Gasteiger partial charge in [-0.3, -0.25) is 4.79 Å². The minimum Gasteiger partial charge on any atom is -0.394 e. The normalized spacial score (nSPS) is 24.0. The van der Waals surface area contributed by atoms with Crippen molar-refractivity contribution in [3.05, 3.63) is 22.4 Å². The predicted octanol–water partition coefficient (Wildman–Crippen LogP) is 2.81. The van der Waals surface area contributed by atoms with Gasteiger partial charge in [0, 0.05) is 15.9 Å². The third kappa shape index (κ3) is 1.86. The number of aliphatic hydroxyl groups is 1. The fourth-order valence-electron chi connectivity index (χ4n) is 2.55. The maximum absolute atomic E-state index is 12.5. The van der Waals surface area contributed by atoms with E-state index in [4.69, 9.17) is 0 Å². The summed E-state index contributed by atoms with van der Waals surface area (Å²) >= 11 is 3.22. The van der Waals surface area contributed by atoms with Crippen LogP contribution in [0.2, 0.25) is 0 Å². The molecular weight excluding hydrogens is 266 g/mol. The van der Waals surface area contributed by atoms with Crippen molar-refractivity contribution >= 4 is 38.0 Å². The zero-order chi connectivity index (χ0) is 12.7. The van der Waals surface area contributed by atoms with Crippen LogP contribution in [0.3, 0.4) is 0 Å². The highest BCUT2D eigenvalue weighted by molar-refractivity contribution is 7.27. The molecule has 0 radical (unpaired) electrons. The van der Waals surface area contributed by atoms with Crippen LogP contribution < -0.4 is 0 Å². The molecule has 1 aliphatic heterocycles. The maximum Gasteiger partial charge on any atom is 0.264 e. The molecule has 2 unspecified atom stereocenters. The van der Waals surface area contributed by atoms with Crippen LogP contribution in [0.25, 0.3) is 9.40 Å². The summed E-state index contributed by atoms with van der Waals surface area (Å²) < 4.78 is 2.35. The van der Waals surface area contributed by atoms with Gasteiger partial charge in [-0.15, -0.1) is 22.7 Å². The molecule has 1 N–H and O–H groups in total. The topological polar surface area (TPSA) is 40.5 Å². The van der Waals surface area contributed by atoms with Crippen molar-refractivity contribution < 1.29 is 9.90 Å². The molecule has 2 atom stereocenters. The number of thiophene rings is 2. The molecule has 3 rings (SSSR count). The van der Waals surface area contributed by atoms with Gasteiger partial charge in [-0.25, -0.2) is 0 Å². The maximum atomic E-state index is 12.5. The van der Waals surface area contributed by atoms with Crippen LogP contribution >= 0.6 is 22.7 Å². The molecule has 0 aromatic carbocycles. The largest absolute Gasteiger partial charge is 0.394 e. The monoisotopic (exact) mass is 281 g/mol. The lowest BCUT2D eigenvalue weighted by molar-refractivity contribution is 0.0653. The third-order valence-electron chi connectivity index (χ3n) is 3.68. The Labute approximate surface area is 114 Å². The van der Waals surface area contributed by atoms with Crippen LogP contribution in [-0.4, -0.2) is 35.1 Å². The Hall–Kier alpha value is -0.910. The second kappa shape index (κ2) is 4.64. The van der Waals surface area contributed by atoms with Gasteiger partial charge < -0.3 is 10.0 Å². The van der Waals surface area contributed by atoms with E-state index in [0.717, 1.165) is 17.8 Å². The zero-order valence-electron chi connectivity index (χ0n) is 10.1. The Bertz CT molecular complexity index is 546. The lowest BCUT2D eigenvalue weighted by Gasteiger charge is -2.24. The molecule has 3 heterocycles. The SMILES string of the molecule is CC1CCN(C(=O)c2cc3sccc3s2)C1CO. The van der Waals surface area contributed by atoms with E-state index < -0.39 is 0 Å². The van der Waals surface area contributed by atoms with Crippen LogP contribution in [-0.2, 0) is 0 Å². The van der Waals surface area contributed by atoms with E-state index in [9.17, 15) is 9.90 Å². The van der Waals surface area contributed by atoms with Crippen LogP contribution in [0.15, 0.2) is 17.5 Å². The van der Waals surface area contributed by atoms with Gasteiger partial charge in [-0.05, 0) is 29.9 Å². The number of nitrogens with zero attached hydrogens (tertiary/aromatic N) is 1. The Morgan fingerprint density at radius 2 is 2.39 bits per heavy atom. The first-order valence-electron chi connectivity index (χ1n) is 6.09. The molecule has 1 amide bonds. The van der Waals surface area contributed by atoms with Gasteiger partial charge >= 0.3 is 0 Å². The first kappa shape index (κ1) is 12.1. The number of hydrogen-bond donors (Lipinski definition) is 1. The fraction of sp³-hybridized carbons (Fsp3) is 0.462. The highest BCUT2D eigenvalue weighted by Crippen LogP contribution is 2.33. The van der Waals surface area contributed by atoms with Crippen molar-refractivity contribution in [3.8, 4) is 0 Å². The molecule has 2 aromatic rings. The smallest absolute Gasteiger partial charge is 0.264 e. The van der Waals surface area contributed by atoms with Crippen molar-refractivity contribution in [3.63, 3.8) is 0 Å². The van der Waals surface area contributed by atoms with Crippen molar-refractivity contribution in [2.24, 2.45) is 5.92 Å². The van der Waals surface area contributed by atoms with Gasteiger partial charge in [0.15, 0.2) is 0 Å². The van der Waals surface area contributed by atoms with Gasteiger partial charge in [-0.1, -0.05) is 6.92 Å². The van der Waals surface area contributed by atoms with Crippen molar-refractivity contribution in [2.75, 3.05) is 13.2 Å². The second-order valence-electron chi connectivity index (χ2n) is 4.77. The van der Waals surface area contributed by atoms with E-state index in [1.165, 1.54) is 9.40 Å². The minimum atomic E-state index is -0.0161. The number of carbonyl (C=O) groups is 1. The molecule has 1 fully saturated rings. The molecule has 2 aromatic heterocycles.